The van der Waals surface area contributed by atoms with Crippen LogP contribution in [0.5, 0.6) is 0 Å². The zero-order valence-corrected chi connectivity index (χ0v) is 6.92. The molecule has 1 aromatic rings. The molecule has 1 rings (SSSR count). The van der Waals surface area contributed by atoms with E-state index in [2.05, 4.69) is 52.5 Å². The molecule has 1 aromatic heterocycles. The second-order valence-electron chi connectivity index (χ2n) is 1.66. The Labute approximate surface area is 62.8 Å². The molecule has 0 bridgehead atoms. The number of aryl methyl sites for hydroxylation is 1. The van der Waals surface area contributed by atoms with Crippen molar-refractivity contribution in [2.75, 3.05) is 0 Å². The number of aromatic nitrogens is 1. The average Bonchev–Trinajstić information content (AvgIpc) is 2.14. The fourth-order valence-electron chi connectivity index (χ4n) is 0.608. The first-order valence-corrected chi connectivity index (χ1v) is 3.72. The number of halogens is 1. The molecule has 8 heavy (non-hydrogen) atoms. The lowest BCUT2D eigenvalue weighted by Crippen LogP contribution is -1.85. The molecule has 0 amide bonds. The molecule has 0 aliphatic carbocycles. The predicted molar refractivity (Wildman–Crippen MR) is 42.8 cm³/mol. The van der Waals surface area contributed by atoms with Gasteiger partial charge in [0.15, 0.2) is 0 Å². The van der Waals surface area contributed by atoms with Gasteiger partial charge in [-0.1, -0.05) is 0 Å². The van der Waals surface area contributed by atoms with E-state index in [4.69, 9.17) is 0 Å². The van der Waals surface area contributed by atoms with Gasteiger partial charge in [-0.05, 0) is 35.6 Å². The maximum absolute atomic E-state index is 2.30. The van der Waals surface area contributed by atoms with Gasteiger partial charge in [0, 0.05) is 22.5 Å². The lowest BCUT2D eigenvalue weighted by Gasteiger charge is -1.90. The molecule has 1 nitrogen and oxygen atoms in total. The number of hydrogen-bond donors (Lipinski definition) is 0. The first kappa shape index (κ1) is 6.13. The normalized spacial score (nSPS) is 9.75. The molecular weight excluding hydrogens is 213 g/mol. The third-order valence-corrected chi connectivity index (χ3v) is 1.72. The van der Waals surface area contributed by atoms with E-state index in [1.54, 1.807) is 0 Å². The second-order valence-corrected chi connectivity index (χ2v) is 2.91. The molecule has 0 radical (unpaired) electrons. The van der Waals surface area contributed by atoms with E-state index in [1.807, 2.05) is 0 Å². The topological polar surface area (TPSA) is 4.93 Å². The van der Waals surface area contributed by atoms with Gasteiger partial charge >= 0.3 is 0 Å². The summed E-state index contributed by atoms with van der Waals surface area (Å²) in [5, 5.41) is 0. The first-order chi connectivity index (χ1) is 3.83. The Morgan fingerprint density at radius 2 is 2.50 bits per heavy atom. The van der Waals surface area contributed by atoms with Crippen molar-refractivity contribution < 1.29 is 0 Å². The molecule has 0 aliphatic rings. The van der Waals surface area contributed by atoms with Crippen molar-refractivity contribution in [2.45, 2.75) is 13.5 Å². The summed E-state index contributed by atoms with van der Waals surface area (Å²) in [4.78, 5) is 0. The SMILES string of the molecule is CCn1ccc(I)c1. The monoisotopic (exact) mass is 221 g/mol. The summed E-state index contributed by atoms with van der Waals surface area (Å²) < 4.78 is 3.46. The summed E-state index contributed by atoms with van der Waals surface area (Å²) >= 11 is 2.30. The number of rotatable bonds is 1. The molecule has 0 unspecified atom stereocenters. The summed E-state index contributed by atoms with van der Waals surface area (Å²) in [7, 11) is 0. The van der Waals surface area contributed by atoms with Crippen LogP contribution in [0.25, 0.3) is 0 Å². The highest BCUT2D eigenvalue weighted by Crippen LogP contribution is 2.03. The maximum atomic E-state index is 2.30. The Bertz CT molecular complexity index is 169. The molecule has 0 saturated carbocycles. The minimum atomic E-state index is 1.07. The van der Waals surface area contributed by atoms with Gasteiger partial charge < -0.3 is 4.57 Å². The van der Waals surface area contributed by atoms with Gasteiger partial charge in [0.1, 0.15) is 0 Å². The lowest BCUT2D eigenvalue weighted by atomic mass is 10.7. The van der Waals surface area contributed by atoms with Gasteiger partial charge in [0.2, 0.25) is 0 Å². The number of hydrogen-bond acceptors (Lipinski definition) is 0. The van der Waals surface area contributed by atoms with Crippen LogP contribution in [0.15, 0.2) is 18.5 Å². The van der Waals surface area contributed by atoms with Gasteiger partial charge in [-0.3, -0.25) is 0 Å². The van der Waals surface area contributed by atoms with Gasteiger partial charge in [0.25, 0.3) is 0 Å². The van der Waals surface area contributed by atoms with Crippen molar-refractivity contribution >= 4 is 22.6 Å². The van der Waals surface area contributed by atoms with Crippen molar-refractivity contribution in [1.29, 1.82) is 0 Å². The molecule has 0 aliphatic heterocycles. The van der Waals surface area contributed by atoms with E-state index in [0.717, 1.165) is 6.54 Å². The standard InChI is InChI=1S/C6H8IN/c1-2-8-4-3-6(7)5-8/h3-5H,2H2,1H3. The van der Waals surface area contributed by atoms with Gasteiger partial charge in [-0.2, -0.15) is 0 Å². The Morgan fingerprint density at radius 1 is 1.75 bits per heavy atom. The van der Waals surface area contributed by atoms with Crippen molar-refractivity contribution in [1.82, 2.24) is 4.57 Å². The summed E-state index contributed by atoms with van der Waals surface area (Å²) in [5.74, 6) is 0. The third kappa shape index (κ3) is 1.24. The summed E-state index contributed by atoms with van der Waals surface area (Å²) in [6.07, 6.45) is 4.21. The minimum absolute atomic E-state index is 1.07. The largest absolute Gasteiger partial charge is 0.353 e. The van der Waals surface area contributed by atoms with Crippen LogP contribution in [0.1, 0.15) is 6.92 Å². The fourth-order valence-corrected chi connectivity index (χ4v) is 1.13. The molecule has 1 heterocycles. The van der Waals surface area contributed by atoms with Crippen LogP contribution in [0.3, 0.4) is 0 Å². The minimum Gasteiger partial charge on any atom is -0.353 e. The van der Waals surface area contributed by atoms with Gasteiger partial charge in [-0.15, -0.1) is 0 Å². The highest BCUT2D eigenvalue weighted by molar-refractivity contribution is 14.1. The van der Waals surface area contributed by atoms with Crippen molar-refractivity contribution in [2.24, 2.45) is 0 Å². The van der Waals surface area contributed by atoms with Crippen LogP contribution in [-0.2, 0) is 6.54 Å². The van der Waals surface area contributed by atoms with Gasteiger partial charge in [-0.25, -0.2) is 0 Å². The highest BCUT2D eigenvalue weighted by Gasteiger charge is 1.86. The third-order valence-electron chi connectivity index (χ3n) is 1.08. The smallest absolute Gasteiger partial charge is 0.0307 e. The van der Waals surface area contributed by atoms with Crippen molar-refractivity contribution in [3.63, 3.8) is 0 Å². The zero-order chi connectivity index (χ0) is 5.98. The van der Waals surface area contributed by atoms with Crippen LogP contribution >= 0.6 is 22.6 Å². The van der Waals surface area contributed by atoms with Gasteiger partial charge in [0.05, 0.1) is 0 Å². The number of nitrogens with zero attached hydrogens (tertiary/aromatic N) is 1. The average molecular weight is 221 g/mol. The summed E-state index contributed by atoms with van der Waals surface area (Å²) in [6, 6.07) is 2.10. The Hall–Kier alpha value is 0.01000. The van der Waals surface area contributed by atoms with Crippen LogP contribution < -0.4 is 0 Å². The highest BCUT2D eigenvalue weighted by atomic mass is 127. The lowest BCUT2D eigenvalue weighted by molar-refractivity contribution is 0.768. The van der Waals surface area contributed by atoms with Crippen LogP contribution in [0.4, 0.5) is 0 Å². The Morgan fingerprint density at radius 3 is 2.75 bits per heavy atom. The molecule has 0 N–H and O–H groups in total. The van der Waals surface area contributed by atoms with E-state index in [1.165, 1.54) is 3.57 Å². The van der Waals surface area contributed by atoms with Crippen LogP contribution in [-0.4, -0.2) is 4.57 Å². The summed E-state index contributed by atoms with van der Waals surface area (Å²) in [6.45, 7) is 3.21. The van der Waals surface area contributed by atoms with E-state index < -0.39 is 0 Å². The van der Waals surface area contributed by atoms with E-state index in [9.17, 15) is 0 Å². The van der Waals surface area contributed by atoms with Crippen molar-refractivity contribution in [3.8, 4) is 0 Å². The molecule has 0 atom stereocenters. The van der Waals surface area contributed by atoms with Crippen LogP contribution in [0.2, 0.25) is 0 Å². The zero-order valence-electron chi connectivity index (χ0n) is 4.76. The van der Waals surface area contributed by atoms with E-state index >= 15 is 0 Å². The molecule has 0 aromatic carbocycles. The van der Waals surface area contributed by atoms with E-state index in [-0.39, 0.29) is 0 Å². The second kappa shape index (κ2) is 2.53. The molecule has 0 saturated heterocycles. The fraction of sp³-hybridized carbons (Fsp3) is 0.333. The summed E-state index contributed by atoms with van der Waals surface area (Å²) in [5.41, 5.74) is 0. The molecular formula is C6H8IN. The van der Waals surface area contributed by atoms with Crippen molar-refractivity contribution in [3.05, 3.63) is 22.0 Å². The molecule has 0 fully saturated rings. The Kier molecular flexibility index (Phi) is 1.94. The van der Waals surface area contributed by atoms with Crippen LogP contribution in [0, 0.1) is 3.57 Å². The maximum Gasteiger partial charge on any atom is 0.0307 e. The van der Waals surface area contributed by atoms with E-state index in [0.29, 0.717) is 0 Å². The molecule has 0 spiro atoms. The molecule has 2 heteroatoms. The first-order valence-electron chi connectivity index (χ1n) is 2.64. The molecule has 44 valence electrons. The predicted octanol–water partition coefficient (Wildman–Crippen LogP) is 2.11. The Balaban J connectivity index is 2.84. The quantitative estimate of drug-likeness (QED) is 0.640.